The van der Waals surface area contributed by atoms with Crippen molar-refractivity contribution in [2.24, 2.45) is 5.84 Å². The van der Waals surface area contributed by atoms with Crippen molar-refractivity contribution in [3.8, 4) is 6.07 Å². The first-order valence-corrected chi connectivity index (χ1v) is 7.44. The van der Waals surface area contributed by atoms with Gasteiger partial charge in [0.2, 0.25) is 10.0 Å². The number of nitrogen functional groups attached to an aromatic ring is 1. The molecule has 1 heterocycles. The minimum Gasteiger partial charge on any atom is -0.323 e. The molecule has 108 valence electrons. The van der Waals surface area contributed by atoms with Crippen LogP contribution in [0.2, 0.25) is 0 Å². The fraction of sp³-hybridized carbons (Fsp3) is 0.0769. The van der Waals surface area contributed by atoms with Crippen molar-refractivity contribution in [1.82, 2.24) is 9.71 Å². The van der Waals surface area contributed by atoms with Crippen molar-refractivity contribution in [2.75, 3.05) is 5.43 Å². The summed E-state index contributed by atoms with van der Waals surface area (Å²) in [5.41, 5.74) is 3.72. The first-order valence-electron chi connectivity index (χ1n) is 5.96. The van der Waals surface area contributed by atoms with Crippen LogP contribution in [0.15, 0.2) is 47.6 Å². The van der Waals surface area contributed by atoms with E-state index in [-0.39, 0.29) is 17.1 Å². The molecule has 0 aliphatic rings. The third kappa shape index (κ3) is 3.55. The van der Waals surface area contributed by atoms with Crippen LogP contribution in [0, 0.1) is 11.3 Å². The smallest absolute Gasteiger partial charge is 0.244 e. The van der Waals surface area contributed by atoms with Gasteiger partial charge in [-0.1, -0.05) is 12.1 Å². The SMILES string of the molecule is N#Cc1cccc(CNS(=O)(=O)c2cnccc2NN)c1. The molecule has 0 atom stereocenters. The highest BCUT2D eigenvalue weighted by Gasteiger charge is 2.18. The highest BCUT2D eigenvalue weighted by molar-refractivity contribution is 7.89. The van der Waals surface area contributed by atoms with Gasteiger partial charge in [-0.05, 0) is 23.8 Å². The lowest BCUT2D eigenvalue weighted by Gasteiger charge is -2.10. The molecule has 0 saturated heterocycles. The molecule has 7 nitrogen and oxygen atoms in total. The first kappa shape index (κ1) is 14.9. The number of hydrogen-bond acceptors (Lipinski definition) is 6. The van der Waals surface area contributed by atoms with Gasteiger partial charge in [0, 0.05) is 18.9 Å². The normalized spacial score (nSPS) is 10.9. The van der Waals surface area contributed by atoms with Crippen molar-refractivity contribution < 1.29 is 8.42 Å². The van der Waals surface area contributed by atoms with Crippen molar-refractivity contribution >= 4 is 15.7 Å². The van der Waals surface area contributed by atoms with Crippen molar-refractivity contribution in [3.05, 3.63) is 53.9 Å². The van der Waals surface area contributed by atoms with Crippen LogP contribution in [0.5, 0.6) is 0 Å². The lowest BCUT2D eigenvalue weighted by atomic mass is 10.1. The Labute approximate surface area is 122 Å². The van der Waals surface area contributed by atoms with Gasteiger partial charge in [0.05, 0.1) is 17.3 Å². The molecule has 1 aromatic carbocycles. The van der Waals surface area contributed by atoms with E-state index in [4.69, 9.17) is 11.1 Å². The number of anilines is 1. The predicted octanol–water partition coefficient (Wildman–Crippen LogP) is 0.717. The maximum atomic E-state index is 12.2. The zero-order valence-corrected chi connectivity index (χ0v) is 11.8. The molecule has 2 aromatic rings. The number of hydrogen-bond donors (Lipinski definition) is 3. The number of nitrogens with two attached hydrogens (primary N) is 1. The first-order chi connectivity index (χ1) is 10.1. The van der Waals surface area contributed by atoms with E-state index in [1.54, 1.807) is 24.3 Å². The molecule has 0 radical (unpaired) electrons. The van der Waals surface area contributed by atoms with Gasteiger partial charge in [0.1, 0.15) is 4.90 Å². The molecule has 4 N–H and O–H groups in total. The number of benzene rings is 1. The van der Waals surface area contributed by atoms with Crippen LogP contribution in [0.25, 0.3) is 0 Å². The molecule has 21 heavy (non-hydrogen) atoms. The van der Waals surface area contributed by atoms with Gasteiger partial charge in [0.15, 0.2) is 0 Å². The molecule has 8 heteroatoms. The molecular formula is C13H13N5O2S. The number of sulfonamides is 1. The second kappa shape index (κ2) is 6.32. The van der Waals surface area contributed by atoms with Crippen molar-refractivity contribution in [3.63, 3.8) is 0 Å². The summed E-state index contributed by atoms with van der Waals surface area (Å²) in [5.74, 6) is 5.29. The monoisotopic (exact) mass is 303 g/mol. The highest BCUT2D eigenvalue weighted by atomic mass is 32.2. The minimum absolute atomic E-state index is 0.0380. The number of rotatable bonds is 5. The van der Waals surface area contributed by atoms with Gasteiger partial charge >= 0.3 is 0 Å². The second-order valence-corrected chi connectivity index (χ2v) is 5.89. The van der Waals surface area contributed by atoms with Crippen LogP contribution >= 0.6 is 0 Å². The average molecular weight is 303 g/mol. The molecule has 0 amide bonds. The number of pyridine rings is 1. The average Bonchev–Trinajstić information content (AvgIpc) is 2.53. The van der Waals surface area contributed by atoms with E-state index in [1.807, 2.05) is 6.07 Å². The number of aromatic nitrogens is 1. The lowest BCUT2D eigenvalue weighted by molar-refractivity contribution is 0.581. The fourth-order valence-corrected chi connectivity index (χ4v) is 2.85. The van der Waals surface area contributed by atoms with E-state index in [2.05, 4.69) is 15.1 Å². The molecule has 0 unspecified atom stereocenters. The van der Waals surface area contributed by atoms with Gasteiger partial charge in [0.25, 0.3) is 0 Å². The predicted molar refractivity (Wildman–Crippen MR) is 77.2 cm³/mol. The fourth-order valence-electron chi connectivity index (χ4n) is 1.72. The maximum Gasteiger partial charge on any atom is 0.244 e. The summed E-state index contributed by atoms with van der Waals surface area (Å²) in [4.78, 5) is 3.75. The largest absolute Gasteiger partial charge is 0.323 e. The van der Waals surface area contributed by atoms with Crippen LogP contribution in [0.4, 0.5) is 5.69 Å². The van der Waals surface area contributed by atoms with Crippen molar-refractivity contribution in [1.29, 1.82) is 5.26 Å². The number of nitrogens with zero attached hydrogens (tertiary/aromatic N) is 2. The van der Waals surface area contributed by atoms with E-state index in [0.29, 0.717) is 11.1 Å². The molecular weight excluding hydrogens is 290 g/mol. The molecule has 0 aliphatic carbocycles. The van der Waals surface area contributed by atoms with Crippen LogP contribution in [0.1, 0.15) is 11.1 Å². The molecule has 0 saturated carbocycles. The summed E-state index contributed by atoms with van der Waals surface area (Å²) in [6, 6.07) is 10.2. The Balaban J connectivity index is 2.20. The third-order valence-corrected chi connectivity index (χ3v) is 4.18. The summed E-state index contributed by atoms with van der Waals surface area (Å²) in [7, 11) is -3.76. The zero-order valence-electron chi connectivity index (χ0n) is 10.9. The lowest BCUT2D eigenvalue weighted by Crippen LogP contribution is -2.25. The Hall–Kier alpha value is -2.47. The van der Waals surface area contributed by atoms with Crippen LogP contribution < -0.4 is 16.0 Å². The van der Waals surface area contributed by atoms with E-state index in [0.717, 1.165) is 0 Å². The number of nitrogens with one attached hydrogen (secondary N) is 2. The van der Waals surface area contributed by atoms with Gasteiger partial charge in [-0.15, -0.1) is 0 Å². The Morgan fingerprint density at radius 2 is 2.14 bits per heavy atom. The third-order valence-electron chi connectivity index (χ3n) is 2.75. The zero-order chi connectivity index (χ0) is 15.3. The van der Waals surface area contributed by atoms with Crippen LogP contribution in [0.3, 0.4) is 0 Å². The Kier molecular flexibility index (Phi) is 4.49. The van der Waals surface area contributed by atoms with Crippen molar-refractivity contribution in [2.45, 2.75) is 11.4 Å². The summed E-state index contributed by atoms with van der Waals surface area (Å²) in [6.07, 6.45) is 2.65. The van der Waals surface area contributed by atoms with E-state index < -0.39 is 10.0 Å². The van der Waals surface area contributed by atoms with Gasteiger partial charge in [-0.2, -0.15) is 5.26 Å². The molecule has 0 bridgehead atoms. The summed E-state index contributed by atoms with van der Waals surface area (Å²) in [5, 5.41) is 8.82. The van der Waals surface area contributed by atoms with E-state index in [9.17, 15) is 8.42 Å². The number of nitriles is 1. The molecule has 0 aliphatic heterocycles. The summed E-state index contributed by atoms with van der Waals surface area (Å²) >= 11 is 0. The maximum absolute atomic E-state index is 12.2. The van der Waals surface area contributed by atoms with E-state index >= 15 is 0 Å². The summed E-state index contributed by atoms with van der Waals surface area (Å²) < 4.78 is 26.9. The Morgan fingerprint density at radius 3 is 2.86 bits per heavy atom. The Morgan fingerprint density at radius 1 is 1.33 bits per heavy atom. The Bertz CT molecular complexity index is 783. The van der Waals surface area contributed by atoms with Gasteiger partial charge in [-0.3, -0.25) is 10.8 Å². The standard InChI is InChI=1S/C13H13N5O2S/c14-7-10-2-1-3-11(6-10)8-17-21(19,20)13-9-16-5-4-12(13)18-15/h1-6,9,17H,8,15H2,(H,16,18). The molecule has 2 rings (SSSR count). The topological polar surface area (TPSA) is 121 Å². The van der Waals surface area contributed by atoms with Gasteiger partial charge < -0.3 is 5.43 Å². The van der Waals surface area contributed by atoms with Crippen LogP contribution in [-0.4, -0.2) is 13.4 Å². The molecule has 1 aromatic heterocycles. The molecule has 0 fully saturated rings. The summed E-state index contributed by atoms with van der Waals surface area (Å²) in [6.45, 7) is 0.0662. The second-order valence-electron chi connectivity index (χ2n) is 4.15. The minimum atomic E-state index is -3.76. The van der Waals surface area contributed by atoms with Crippen LogP contribution in [-0.2, 0) is 16.6 Å². The van der Waals surface area contributed by atoms with E-state index in [1.165, 1.54) is 18.5 Å². The molecule has 0 spiro atoms. The number of hydrazine groups is 1. The quantitative estimate of drug-likeness (QED) is 0.552. The highest BCUT2D eigenvalue weighted by Crippen LogP contribution is 2.18. The van der Waals surface area contributed by atoms with Gasteiger partial charge in [-0.25, -0.2) is 13.1 Å².